The third-order valence-corrected chi connectivity index (χ3v) is 4.81. The zero-order valence-corrected chi connectivity index (χ0v) is 12.6. The topological polar surface area (TPSA) is 21.3 Å². The van der Waals surface area contributed by atoms with Crippen LogP contribution in [0.25, 0.3) is 0 Å². The van der Waals surface area contributed by atoms with E-state index >= 15 is 0 Å². The van der Waals surface area contributed by atoms with E-state index in [0.717, 1.165) is 0 Å². The molecular weight excluding hydrogens is 222 g/mol. The van der Waals surface area contributed by atoms with Crippen LogP contribution >= 0.6 is 0 Å². The van der Waals surface area contributed by atoms with Crippen molar-refractivity contribution in [3.05, 3.63) is 0 Å². The Morgan fingerprint density at radius 3 is 2.44 bits per heavy atom. The summed E-state index contributed by atoms with van der Waals surface area (Å²) in [4.78, 5) is 0. The Kier molecular flexibility index (Phi) is 4.71. The van der Waals surface area contributed by atoms with Crippen molar-refractivity contribution in [2.24, 2.45) is 5.41 Å². The summed E-state index contributed by atoms with van der Waals surface area (Å²) in [5.74, 6) is 0. The monoisotopic (exact) mass is 253 g/mol. The number of hydrogen-bond donors (Lipinski definition) is 1. The molecule has 2 fully saturated rings. The minimum atomic E-state index is 0.126. The van der Waals surface area contributed by atoms with E-state index in [1.54, 1.807) is 0 Å². The molecule has 1 atom stereocenters. The van der Waals surface area contributed by atoms with Gasteiger partial charge in [0, 0.05) is 6.54 Å². The van der Waals surface area contributed by atoms with E-state index < -0.39 is 0 Å². The third-order valence-electron chi connectivity index (χ3n) is 4.81. The smallest absolute Gasteiger partial charge is 0.0631 e. The molecule has 1 heterocycles. The number of ether oxygens (including phenoxy) is 1. The Balaban J connectivity index is 1.86. The van der Waals surface area contributed by atoms with Gasteiger partial charge in [-0.25, -0.2) is 0 Å². The molecule has 1 N–H and O–H groups in total. The SMILES string of the molecule is CCCNCC1(CC2CCC(C)(C)O2)CCCC1. The maximum absolute atomic E-state index is 6.21. The highest BCUT2D eigenvalue weighted by molar-refractivity contribution is 4.92. The first-order chi connectivity index (χ1) is 8.55. The van der Waals surface area contributed by atoms with Crippen LogP contribution < -0.4 is 5.32 Å². The maximum Gasteiger partial charge on any atom is 0.0631 e. The summed E-state index contributed by atoms with van der Waals surface area (Å²) >= 11 is 0. The van der Waals surface area contributed by atoms with Crippen LogP contribution in [0.5, 0.6) is 0 Å². The molecule has 0 aromatic rings. The number of nitrogens with one attached hydrogen (secondary N) is 1. The minimum absolute atomic E-state index is 0.126. The van der Waals surface area contributed by atoms with Gasteiger partial charge in [0.05, 0.1) is 11.7 Å². The summed E-state index contributed by atoms with van der Waals surface area (Å²) in [6.45, 7) is 9.10. The zero-order valence-electron chi connectivity index (χ0n) is 12.6. The van der Waals surface area contributed by atoms with Crippen molar-refractivity contribution in [1.29, 1.82) is 0 Å². The summed E-state index contributed by atoms with van der Waals surface area (Å²) in [5.41, 5.74) is 0.668. The van der Waals surface area contributed by atoms with Gasteiger partial charge in [0.15, 0.2) is 0 Å². The minimum Gasteiger partial charge on any atom is -0.372 e. The van der Waals surface area contributed by atoms with Gasteiger partial charge in [-0.3, -0.25) is 0 Å². The Morgan fingerprint density at radius 2 is 1.89 bits per heavy atom. The Bertz CT molecular complexity index is 256. The van der Waals surface area contributed by atoms with E-state index in [-0.39, 0.29) is 5.60 Å². The summed E-state index contributed by atoms with van der Waals surface area (Å²) in [6, 6.07) is 0. The van der Waals surface area contributed by atoms with Crippen molar-refractivity contribution < 1.29 is 4.74 Å². The van der Waals surface area contributed by atoms with Gasteiger partial charge in [0.1, 0.15) is 0 Å². The fourth-order valence-electron chi connectivity index (χ4n) is 3.81. The maximum atomic E-state index is 6.21. The lowest BCUT2D eigenvalue weighted by Gasteiger charge is -2.32. The lowest BCUT2D eigenvalue weighted by molar-refractivity contribution is -0.0350. The molecular formula is C16H31NO. The molecule has 18 heavy (non-hydrogen) atoms. The van der Waals surface area contributed by atoms with Crippen molar-refractivity contribution in [2.45, 2.75) is 83.8 Å². The molecule has 0 aromatic carbocycles. The second-order valence-corrected chi connectivity index (χ2v) is 7.13. The molecule has 0 amide bonds. The van der Waals surface area contributed by atoms with Gasteiger partial charge >= 0.3 is 0 Å². The predicted octanol–water partition coefficient (Wildman–Crippen LogP) is 3.89. The van der Waals surface area contributed by atoms with Gasteiger partial charge < -0.3 is 10.1 Å². The van der Waals surface area contributed by atoms with Crippen molar-refractivity contribution in [1.82, 2.24) is 5.32 Å². The van der Waals surface area contributed by atoms with Crippen molar-refractivity contribution in [2.75, 3.05) is 13.1 Å². The Labute approximate surface area is 113 Å². The highest BCUT2D eigenvalue weighted by Gasteiger charge is 2.40. The summed E-state index contributed by atoms with van der Waals surface area (Å²) < 4.78 is 6.21. The fraction of sp³-hybridized carbons (Fsp3) is 1.00. The van der Waals surface area contributed by atoms with Crippen molar-refractivity contribution in [3.63, 3.8) is 0 Å². The largest absolute Gasteiger partial charge is 0.372 e. The van der Waals surface area contributed by atoms with Gasteiger partial charge in [-0.15, -0.1) is 0 Å². The lowest BCUT2D eigenvalue weighted by atomic mass is 9.80. The second kappa shape index (κ2) is 5.92. The number of rotatable bonds is 6. The zero-order chi connectivity index (χ0) is 13.1. The summed E-state index contributed by atoms with van der Waals surface area (Å²) in [5, 5.41) is 3.66. The highest BCUT2D eigenvalue weighted by Crippen LogP contribution is 2.45. The molecule has 2 aliphatic rings. The van der Waals surface area contributed by atoms with Crippen molar-refractivity contribution in [3.8, 4) is 0 Å². The molecule has 1 aliphatic heterocycles. The first kappa shape index (κ1) is 14.3. The first-order valence-corrected chi connectivity index (χ1v) is 7.94. The average Bonchev–Trinajstić information content (AvgIpc) is 2.87. The van der Waals surface area contributed by atoms with Crippen LogP contribution in [-0.4, -0.2) is 24.8 Å². The quantitative estimate of drug-likeness (QED) is 0.725. The van der Waals surface area contributed by atoms with Gasteiger partial charge in [-0.1, -0.05) is 19.8 Å². The molecule has 1 saturated carbocycles. The van der Waals surface area contributed by atoms with E-state index in [1.807, 2.05) is 0 Å². The van der Waals surface area contributed by atoms with Gasteiger partial charge in [-0.2, -0.15) is 0 Å². The second-order valence-electron chi connectivity index (χ2n) is 7.13. The molecule has 0 radical (unpaired) electrons. The number of hydrogen-bond acceptors (Lipinski definition) is 2. The molecule has 2 nitrogen and oxygen atoms in total. The molecule has 0 aromatic heterocycles. The molecule has 2 rings (SSSR count). The Hall–Kier alpha value is -0.0800. The molecule has 1 aliphatic carbocycles. The molecule has 106 valence electrons. The van der Waals surface area contributed by atoms with Crippen molar-refractivity contribution >= 4 is 0 Å². The molecule has 0 spiro atoms. The fourth-order valence-corrected chi connectivity index (χ4v) is 3.81. The summed E-state index contributed by atoms with van der Waals surface area (Å²) in [7, 11) is 0. The van der Waals surface area contributed by atoms with Crippen LogP contribution in [0.3, 0.4) is 0 Å². The van der Waals surface area contributed by atoms with Gasteiger partial charge in [0.2, 0.25) is 0 Å². The van der Waals surface area contributed by atoms with Crippen LogP contribution in [0.4, 0.5) is 0 Å². The average molecular weight is 253 g/mol. The highest BCUT2D eigenvalue weighted by atomic mass is 16.5. The molecule has 1 saturated heterocycles. The predicted molar refractivity (Wildman–Crippen MR) is 76.9 cm³/mol. The van der Waals surface area contributed by atoms with Crippen LogP contribution in [0, 0.1) is 5.41 Å². The van der Waals surface area contributed by atoms with E-state index in [0.29, 0.717) is 11.5 Å². The van der Waals surface area contributed by atoms with Crippen LogP contribution in [0.15, 0.2) is 0 Å². The first-order valence-electron chi connectivity index (χ1n) is 7.94. The molecule has 2 heteroatoms. The van der Waals surface area contributed by atoms with E-state index in [4.69, 9.17) is 4.74 Å². The third kappa shape index (κ3) is 3.71. The lowest BCUT2D eigenvalue weighted by Crippen LogP contribution is -2.36. The molecule has 1 unspecified atom stereocenters. The van der Waals surface area contributed by atoms with Crippen LogP contribution in [0.2, 0.25) is 0 Å². The van der Waals surface area contributed by atoms with Gasteiger partial charge in [0.25, 0.3) is 0 Å². The van der Waals surface area contributed by atoms with Gasteiger partial charge in [-0.05, 0) is 64.3 Å². The van der Waals surface area contributed by atoms with E-state index in [2.05, 4.69) is 26.1 Å². The Morgan fingerprint density at radius 1 is 1.17 bits per heavy atom. The normalized spacial score (nSPS) is 29.8. The standard InChI is InChI=1S/C16H31NO/c1-4-11-17-13-16(8-5-6-9-16)12-14-7-10-15(2,3)18-14/h14,17H,4-13H2,1-3H3. The van der Waals surface area contributed by atoms with E-state index in [1.165, 1.54) is 64.5 Å². The molecule has 0 bridgehead atoms. The summed E-state index contributed by atoms with van der Waals surface area (Å²) in [6.07, 6.45) is 11.2. The van der Waals surface area contributed by atoms with Crippen LogP contribution in [-0.2, 0) is 4.74 Å². The van der Waals surface area contributed by atoms with Crippen LogP contribution in [0.1, 0.15) is 72.1 Å². The van der Waals surface area contributed by atoms with E-state index in [9.17, 15) is 0 Å².